The van der Waals surface area contributed by atoms with Gasteiger partial charge in [0.15, 0.2) is 0 Å². The Kier molecular flexibility index (Phi) is 5.17. The van der Waals surface area contributed by atoms with Gasteiger partial charge in [-0.2, -0.15) is 0 Å². The van der Waals surface area contributed by atoms with Crippen molar-refractivity contribution in [2.75, 3.05) is 27.2 Å². The number of carbonyl (C=O) groups is 2. The van der Waals surface area contributed by atoms with Gasteiger partial charge in [0.05, 0.1) is 13.0 Å². The fraction of sp³-hybridized carbons (Fsp3) is 0.846. The molecule has 0 saturated carbocycles. The highest BCUT2D eigenvalue weighted by Crippen LogP contribution is 2.18. The van der Waals surface area contributed by atoms with Crippen LogP contribution in [0, 0.1) is 5.92 Å². The van der Waals surface area contributed by atoms with Crippen LogP contribution in [-0.2, 0) is 14.3 Å². The van der Waals surface area contributed by atoms with Crippen LogP contribution in [-0.4, -0.2) is 55.9 Å². The van der Waals surface area contributed by atoms with Crippen molar-refractivity contribution in [3.63, 3.8) is 0 Å². The van der Waals surface area contributed by atoms with Gasteiger partial charge in [-0.15, -0.1) is 0 Å². The van der Waals surface area contributed by atoms with Crippen LogP contribution >= 0.6 is 0 Å². The van der Waals surface area contributed by atoms with E-state index in [1.807, 2.05) is 7.05 Å². The molecule has 19 heavy (non-hydrogen) atoms. The highest BCUT2D eigenvalue weighted by molar-refractivity contribution is 5.75. The zero-order chi connectivity index (χ0) is 14.6. The number of nitrogens with one attached hydrogen (secondary N) is 1. The summed E-state index contributed by atoms with van der Waals surface area (Å²) in [5, 5.41) is 2.77. The molecular weight excluding hydrogens is 248 g/mol. The third kappa shape index (κ3) is 5.06. The lowest BCUT2D eigenvalue weighted by atomic mass is 9.92. The number of ether oxygens (including phenoxy) is 2. The number of carbonyl (C=O) groups excluding carboxylic acids is 2. The maximum Gasteiger partial charge on any atom is 0.407 e. The van der Waals surface area contributed by atoms with E-state index >= 15 is 0 Å². The summed E-state index contributed by atoms with van der Waals surface area (Å²) in [5.41, 5.74) is -0.545. The third-order valence-electron chi connectivity index (χ3n) is 3.02. The maximum absolute atomic E-state index is 11.8. The lowest BCUT2D eigenvalue weighted by Crippen LogP contribution is -2.53. The normalized spacial score (nSPS) is 24.7. The second kappa shape index (κ2) is 6.23. The second-order valence-electron chi connectivity index (χ2n) is 5.93. The van der Waals surface area contributed by atoms with Gasteiger partial charge >= 0.3 is 12.1 Å². The lowest BCUT2D eigenvalue weighted by molar-refractivity contribution is -0.148. The van der Waals surface area contributed by atoms with Crippen LogP contribution in [0.2, 0.25) is 0 Å². The number of esters is 1. The van der Waals surface area contributed by atoms with Crippen LogP contribution in [0.25, 0.3) is 0 Å². The van der Waals surface area contributed by atoms with E-state index in [0.717, 1.165) is 6.54 Å². The molecule has 6 nitrogen and oxygen atoms in total. The van der Waals surface area contributed by atoms with Gasteiger partial charge in [0.2, 0.25) is 0 Å². The first-order valence-electron chi connectivity index (χ1n) is 6.49. The predicted molar refractivity (Wildman–Crippen MR) is 70.8 cm³/mol. The van der Waals surface area contributed by atoms with Gasteiger partial charge in [0, 0.05) is 12.6 Å². The molecule has 1 amide bonds. The van der Waals surface area contributed by atoms with Crippen molar-refractivity contribution in [1.29, 1.82) is 0 Å². The molecule has 110 valence electrons. The van der Waals surface area contributed by atoms with Gasteiger partial charge in [-0.25, -0.2) is 4.79 Å². The Morgan fingerprint density at radius 3 is 2.47 bits per heavy atom. The third-order valence-corrected chi connectivity index (χ3v) is 3.02. The van der Waals surface area contributed by atoms with Crippen molar-refractivity contribution in [3.05, 3.63) is 0 Å². The smallest absolute Gasteiger partial charge is 0.407 e. The van der Waals surface area contributed by atoms with E-state index in [-0.39, 0.29) is 17.9 Å². The second-order valence-corrected chi connectivity index (χ2v) is 5.93. The Bertz CT molecular complexity index is 338. The molecule has 1 rings (SSSR count). The standard InChI is InChI=1S/C13H24N2O4/c1-13(2,3)19-12(17)14-10-6-7-15(4)8-9(10)11(16)18-5/h9-10H,6-8H2,1-5H3,(H,14,17). The van der Waals surface area contributed by atoms with E-state index in [1.54, 1.807) is 20.8 Å². The number of alkyl carbamates (subject to hydrolysis) is 1. The number of hydrogen-bond acceptors (Lipinski definition) is 5. The topological polar surface area (TPSA) is 67.9 Å². The van der Waals surface area contributed by atoms with E-state index in [2.05, 4.69) is 10.2 Å². The summed E-state index contributed by atoms with van der Waals surface area (Å²) in [7, 11) is 3.31. The molecule has 1 aliphatic rings. The van der Waals surface area contributed by atoms with E-state index in [9.17, 15) is 9.59 Å². The zero-order valence-electron chi connectivity index (χ0n) is 12.4. The number of piperidine rings is 1. The van der Waals surface area contributed by atoms with E-state index < -0.39 is 11.7 Å². The molecule has 1 fully saturated rings. The molecule has 0 radical (unpaired) electrons. The van der Waals surface area contributed by atoms with Crippen LogP contribution in [0.4, 0.5) is 4.79 Å². The highest BCUT2D eigenvalue weighted by Gasteiger charge is 2.35. The van der Waals surface area contributed by atoms with Crippen LogP contribution in [0.5, 0.6) is 0 Å². The molecule has 1 N–H and O–H groups in total. The summed E-state index contributed by atoms with van der Waals surface area (Å²) in [6.45, 7) is 6.82. The van der Waals surface area contributed by atoms with Gasteiger partial charge in [0.1, 0.15) is 5.60 Å². The summed E-state index contributed by atoms with van der Waals surface area (Å²) < 4.78 is 10.0. The van der Waals surface area contributed by atoms with Gasteiger partial charge in [-0.1, -0.05) is 0 Å². The highest BCUT2D eigenvalue weighted by atomic mass is 16.6. The fourth-order valence-electron chi connectivity index (χ4n) is 2.14. The Morgan fingerprint density at radius 1 is 1.32 bits per heavy atom. The molecule has 6 heteroatoms. The summed E-state index contributed by atoms with van der Waals surface area (Å²) in [5.74, 6) is -0.649. The van der Waals surface area contributed by atoms with E-state index in [1.165, 1.54) is 7.11 Å². The zero-order valence-corrected chi connectivity index (χ0v) is 12.4. The van der Waals surface area contributed by atoms with Crippen molar-refractivity contribution >= 4 is 12.1 Å². The van der Waals surface area contributed by atoms with Crippen molar-refractivity contribution < 1.29 is 19.1 Å². The molecule has 0 aromatic rings. The number of methoxy groups -OCH3 is 1. The Hall–Kier alpha value is -1.30. The van der Waals surface area contributed by atoms with Gasteiger partial charge in [0.25, 0.3) is 0 Å². The van der Waals surface area contributed by atoms with Crippen LogP contribution in [0.15, 0.2) is 0 Å². The Labute approximate surface area is 114 Å². The minimum absolute atomic E-state index is 0.238. The molecule has 2 atom stereocenters. The number of likely N-dealkylation sites (tertiary alicyclic amines) is 1. The molecule has 1 heterocycles. The molecule has 0 spiro atoms. The number of amides is 1. The molecule has 0 bridgehead atoms. The van der Waals surface area contributed by atoms with Crippen LogP contribution in [0.3, 0.4) is 0 Å². The molecule has 1 aliphatic heterocycles. The summed E-state index contributed by atoms with van der Waals surface area (Å²) >= 11 is 0. The van der Waals surface area contributed by atoms with Crippen molar-refractivity contribution in [2.24, 2.45) is 5.92 Å². The molecule has 0 aromatic heterocycles. The van der Waals surface area contributed by atoms with E-state index in [0.29, 0.717) is 13.0 Å². The fourth-order valence-corrected chi connectivity index (χ4v) is 2.14. The molecule has 0 aromatic carbocycles. The number of hydrogen-bond donors (Lipinski definition) is 1. The average molecular weight is 272 g/mol. The monoisotopic (exact) mass is 272 g/mol. The van der Waals surface area contributed by atoms with E-state index in [4.69, 9.17) is 9.47 Å². The first-order chi connectivity index (χ1) is 8.73. The number of rotatable bonds is 2. The molecular formula is C13H24N2O4. The summed E-state index contributed by atoms with van der Waals surface area (Å²) in [6, 6.07) is -0.238. The quantitative estimate of drug-likeness (QED) is 0.760. The maximum atomic E-state index is 11.8. The van der Waals surface area contributed by atoms with Crippen LogP contribution < -0.4 is 5.32 Å². The average Bonchev–Trinajstić information content (AvgIpc) is 2.28. The Balaban J connectivity index is 2.63. The molecule has 0 aliphatic carbocycles. The van der Waals surface area contributed by atoms with Crippen molar-refractivity contribution in [1.82, 2.24) is 10.2 Å². The lowest BCUT2D eigenvalue weighted by Gasteiger charge is -2.35. The number of nitrogens with zero attached hydrogens (tertiary/aromatic N) is 1. The predicted octanol–water partition coefficient (Wildman–Crippen LogP) is 1.00. The summed E-state index contributed by atoms with van der Waals surface area (Å²) in [4.78, 5) is 25.6. The van der Waals surface area contributed by atoms with Gasteiger partial charge < -0.3 is 19.7 Å². The molecule has 2 unspecified atom stereocenters. The largest absolute Gasteiger partial charge is 0.469 e. The van der Waals surface area contributed by atoms with Gasteiger partial charge in [-0.05, 0) is 40.8 Å². The summed E-state index contributed by atoms with van der Waals surface area (Å²) in [6.07, 6.45) is 0.214. The van der Waals surface area contributed by atoms with Gasteiger partial charge in [-0.3, -0.25) is 4.79 Å². The first kappa shape index (κ1) is 15.8. The SMILES string of the molecule is COC(=O)C1CN(C)CCC1NC(=O)OC(C)(C)C. The minimum Gasteiger partial charge on any atom is -0.469 e. The van der Waals surface area contributed by atoms with Crippen molar-refractivity contribution in [3.8, 4) is 0 Å². The van der Waals surface area contributed by atoms with Crippen LogP contribution in [0.1, 0.15) is 27.2 Å². The van der Waals surface area contributed by atoms with Crippen molar-refractivity contribution in [2.45, 2.75) is 38.8 Å². The first-order valence-corrected chi connectivity index (χ1v) is 6.49. The Morgan fingerprint density at radius 2 is 1.95 bits per heavy atom. The molecule has 1 saturated heterocycles. The minimum atomic E-state index is -0.545.